The van der Waals surface area contributed by atoms with E-state index in [0.717, 1.165) is 22.8 Å². The van der Waals surface area contributed by atoms with Crippen LogP contribution in [0, 0.1) is 0 Å². The maximum atomic E-state index is 4.05. The van der Waals surface area contributed by atoms with E-state index in [9.17, 15) is 0 Å². The molecule has 0 fully saturated rings. The molecule has 0 amide bonds. The quantitative estimate of drug-likeness (QED) is 0.275. The number of anilines is 1. The first-order valence-electron chi connectivity index (χ1n) is 10.9. The number of allylic oxidation sites excluding steroid dienone is 6. The fourth-order valence-electron chi connectivity index (χ4n) is 4.23. The molecular weight excluding hydrogens is 388 g/mol. The highest BCUT2D eigenvalue weighted by Gasteiger charge is 2.17. The smallest absolute Gasteiger partial charge is 0.0542 e. The first kappa shape index (κ1) is 21.2. The zero-order valence-electron chi connectivity index (χ0n) is 18.7. The van der Waals surface area contributed by atoms with Crippen molar-refractivity contribution in [2.45, 2.75) is 13.8 Å². The molecule has 0 radical (unpaired) electrons. The second-order valence-electron chi connectivity index (χ2n) is 7.47. The Morgan fingerprint density at radius 1 is 0.812 bits per heavy atom. The Morgan fingerprint density at radius 3 is 2.22 bits per heavy atom. The molecular formula is C30H28N2. The van der Waals surface area contributed by atoms with Crippen LogP contribution in [-0.2, 0) is 0 Å². The first-order valence-corrected chi connectivity index (χ1v) is 10.9. The lowest BCUT2D eigenvalue weighted by atomic mass is 10.1. The van der Waals surface area contributed by atoms with Crippen molar-refractivity contribution in [3.8, 4) is 5.69 Å². The summed E-state index contributed by atoms with van der Waals surface area (Å²) in [5.41, 5.74) is 6.66. The molecule has 1 aromatic heterocycles. The minimum atomic E-state index is 0.970. The maximum Gasteiger partial charge on any atom is 0.0542 e. The minimum absolute atomic E-state index is 0.970. The van der Waals surface area contributed by atoms with E-state index in [1.165, 1.54) is 21.8 Å². The molecule has 0 aliphatic carbocycles. The number of para-hydroxylation sites is 2. The Bertz CT molecular complexity index is 1360. The van der Waals surface area contributed by atoms with Gasteiger partial charge in [0.05, 0.1) is 11.0 Å². The van der Waals surface area contributed by atoms with E-state index in [1.54, 1.807) is 6.08 Å². The minimum Gasteiger partial charge on any atom is -0.311 e. The molecule has 0 unspecified atom stereocenters. The SMILES string of the molecule is C=C/C=C(\C=C)N(C(/C=C\C)=C/C)c1ccc2c(c1)c1ccccc1n2-c1ccccc1. The number of hydrogen-bond donors (Lipinski definition) is 0. The maximum absolute atomic E-state index is 4.05. The molecule has 0 saturated heterocycles. The Labute approximate surface area is 190 Å². The van der Waals surface area contributed by atoms with Gasteiger partial charge in [-0.15, -0.1) is 0 Å². The predicted octanol–water partition coefficient (Wildman–Crippen LogP) is 8.33. The summed E-state index contributed by atoms with van der Waals surface area (Å²) in [6.45, 7) is 12.0. The number of aromatic nitrogens is 1. The van der Waals surface area contributed by atoms with E-state index in [2.05, 4.69) is 121 Å². The van der Waals surface area contributed by atoms with Crippen molar-refractivity contribution in [1.82, 2.24) is 4.57 Å². The summed E-state index contributed by atoms with van der Waals surface area (Å²) in [4.78, 5) is 2.21. The third-order valence-corrected chi connectivity index (χ3v) is 5.58. The standard InChI is InChI=1S/C30H28N2/c1-5-14-23(7-3)31(24(8-4)15-6-2)26-20-21-30-28(22-26)27-18-12-13-19-29(27)32(30)25-16-10-9-11-17-25/h5-22H,1,3H2,2,4H3/b15-6-,23-14+,24-8+. The van der Waals surface area contributed by atoms with Crippen molar-refractivity contribution in [2.75, 3.05) is 4.90 Å². The van der Waals surface area contributed by atoms with Crippen LogP contribution in [0.3, 0.4) is 0 Å². The van der Waals surface area contributed by atoms with Crippen LogP contribution in [0.1, 0.15) is 13.8 Å². The summed E-state index contributed by atoms with van der Waals surface area (Å²) in [7, 11) is 0. The van der Waals surface area contributed by atoms with Gasteiger partial charge in [-0.3, -0.25) is 0 Å². The lowest BCUT2D eigenvalue weighted by Crippen LogP contribution is -2.19. The number of benzene rings is 3. The lowest BCUT2D eigenvalue weighted by Gasteiger charge is -2.27. The van der Waals surface area contributed by atoms with Crippen LogP contribution in [0.5, 0.6) is 0 Å². The molecule has 2 heteroatoms. The van der Waals surface area contributed by atoms with Gasteiger partial charge in [-0.25, -0.2) is 0 Å². The summed E-state index contributed by atoms with van der Waals surface area (Å²) < 4.78 is 2.33. The van der Waals surface area contributed by atoms with E-state index >= 15 is 0 Å². The van der Waals surface area contributed by atoms with Crippen molar-refractivity contribution in [3.05, 3.63) is 134 Å². The molecule has 158 valence electrons. The zero-order valence-corrected chi connectivity index (χ0v) is 18.7. The van der Waals surface area contributed by atoms with Gasteiger partial charge in [0.25, 0.3) is 0 Å². The van der Waals surface area contributed by atoms with Crippen molar-refractivity contribution < 1.29 is 0 Å². The molecule has 0 saturated carbocycles. The Hall–Kier alpha value is -4.04. The Balaban J connectivity index is 2.02. The van der Waals surface area contributed by atoms with Crippen molar-refractivity contribution in [1.29, 1.82) is 0 Å². The van der Waals surface area contributed by atoms with Crippen molar-refractivity contribution >= 4 is 27.5 Å². The van der Waals surface area contributed by atoms with Gasteiger partial charge in [0, 0.05) is 33.5 Å². The van der Waals surface area contributed by atoms with E-state index in [4.69, 9.17) is 0 Å². The molecule has 4 aromatic rings. The van der Waals surface area contributed by atoms with Crippen LogP contribution in [0.25, 0.3) is 27.5 Å². The van der Waals surface area contributed by atoms with Crippen molar-refractivity contribution in [3.63, 3.8) is 0 Å². The van der Waals surface area contributed by atoms with Crippen LogP contribution < -0.4 is 4.90 Å². The van der Waals surface area contributed by atoms with Gasteiger partial charge < -0.3 is 9.47 Å². The molecule has 0 atom stereocenters. The van der Waals surface area contributed by atoms with Gasteiger partial charge in [0.1, 0.15) is 0 Å². The van der Waals surface area contributed by atoms with E-state index in [0.29, 0.717) is 0 Å². The van der Waals surface area contributed by atoms with Gasteiger partial charge in [0.2, 0.25) is 0 Å². The molecule has 2 nitrogen and oxygen atoms in total. The number of nitrogens with zero attached hydrogens (tertiary/aromatic N) is 2. The summed E-state index contributed by atoms with van der Waals surface area (Å²) >= 11 is 0. The van der Waals surface area contributed by atoms with Gasteiger partial charge in [-0.2, -0.15) is 0 Å². The number of rotatable bonds is 7. The average molecular weight is 417 g/mol. The average Bonchev–Trinajstić information content (AvgIpc) is 3.17. The van der Waals surface area contributed by atoms with Crippen LogP contribution in [-0.4, -0.2) is 4.57 Å². The largest absolute Gasteiger partial charge is 0.311 e. The fraction of sp³-hybridized carbons (Fsp3) is 0.0667. The topological polar surface area (TPSA) is 8.17 Å². The van der Waals surface area contributed by atoms with Crippen LogP contribution in [0.4, 0.5) is 5.69 Å². The van der Waals surface area contributed by atoms with Gasteiger partial charge in [-0.05, 0) is 68.5 Å². The molecule has 0 aliphatic rings. The third kappa shape index (κ3) is 3.72. The highest BCUT2D eigenvalue weighted by Crippen LogP contribution is 2.36. The zero-order chi connectivity index (χ0) is 22.5. The second kappa shape index (κ2) is 9.40. The Kier molecular flexibility index (Phi) is 6.23. The summed E-state index contributed by atoms with van der Waals surface area (Å²) in [5, 5.41) is 2.44. The number of fused-ring (bicyclic) bond motifs is 3. The van der Waals surface area contributed by atoms with Gasteiger partial charge in [0.15, 0.2) is 0 Å². The van der Waals surface area contributed by atoms with Crippen LogP contribution in [0.2, 0.25) is 0 Å². The summed E-state index contributed by atoms with van der Waals surface area (Å²) in [6, 6.07) is 25.8. The number of hydrogen-bond acceptors (Lipinski definition) is 1. The fourth-order valence-corrected chi connectivity index (χ4v) is 4.23. The summed E-state index contributed by atoms with van der Waals surface area (Å²) in [5.74, 6) is 0. The Morgan fingerprint density at radius 2 is 1.53 bits per heavy atom. The molecule has 0 spiro atoms. The van der Waals surface area contributed by atoms with Crippen LogP contribution in [0.15, 0.2) is 134 Å². The molecule has 0 aliphatic heterocycles. The van der Waals surface area contributed by atoms with Crippen molar-refractivity contribution in [2.24, 2.45) is 0 Å². The first-order chi connectivity index (χ1) is 15.7. The molecule has 32 heavy (non-hydrogen) atoms. The molecule has 0 N–H and O–H groups in total. The highest BCUT2D eigenvalue weighted by molar-refractivity contribution is 6.10. The normalized spacial score (nSPS) is 12.6. The third-order valence-electron chi connectivity index (χ3n) is 5.58. The van der Waals surface area contributed by atoms with Gasteiger partial charge in [-0.1, -0.05) is 67.8 Å². The van der Waals surface area contributed by atoms with E-state index in [1.807, 2.05) is 19.1 Å². The lowest BCUT2D eigenvalue weighted by molar-refractivity contribution is 1.13. The predicted molar refractivity (Wildman–Crippen MR) is 140 cm³/mol. The van der Waals surface area contributed by atoms with Crippen LogP contribution >= 0.6 is 0 Å². The summed E-state index contributed by atoms with van der Waals surface area (Å²) in [6.07, 6.45) is 11.9. The molecule has 3 aromatic carbocycles. The van der Waals surface area contributed by atoms with Gasteiger partial charge >= 0.3 is 0 Å². The second-order valence-corrected chi connectivity index (χ2v) is 7.47. The molecule has 1 heterocycles. The molecule has 4 rings (SSSR count). The molecule has 0 bridgehead atoms. The highest BCUT2D eigenvalue weighted by atomic mass is 15.2. The monoisotopic (exact) mass is 416 g/mol. The van der Waals surface area contributed by atoms with E-state index < -0.39 is 0 Å². The van der Waals surface area contributed by atoms with E-state index in [-0.39, 0.29) is 0 Å².